The van der Waals surface area contributed by atoms with Crippen molar-refractivity contribution in [2.75, 3.05) is 11.4 Å². The van der Waals surface area contributed by atoms with Gasteiger partial charge in [0.05, 0.1) is 23.2 Å². The third kappa shape index (κ3) is 2.88. The van der Waals surface area contributed by atoms with Gasteiger partial charge in [-0.1, -0.05) is 12.1 Å². The maximum atomic E-state index is 13.8. The topological polar surface area (TPSA) is 38.8 Å². The average molecular weight is 403 g/mol. The van der Waals surface area contributed by atoms with Crippen LogP contribution in [0.15, 0.2) is 18.2 Å². The molecule has 1 unspecified atom stereocenters. The normalized spacial score (nSPS) is 30.8. The van der Waals surface area contributed by atoms with Crippen LogP contribution in [0.4, 0.5) is 14.5 Å². The number of amides is 1. The summed E-state index contributed by atoms with van der Waals surface area (Å²) in [6.45, 7) is 8.49. The predicted octanol–water partition coefficient (Wildman–Crippen LogP) is 4.67. The van der Waals surface area contributed by atoms with Gasteiger partial charge in [0.1, 0.15) is 0 Å². The molecule has 2 aliphatic heterocycles. The molecular weight excluding hydrogens is 375 g/mol. The number of fused-ring (bicyclic) bond motifs is 2. The molecule has 1 spiro atoms. The minimum absolute atomic E-state index is 0.163. The highest BCUT2D eigenvalue weighted by Crippen LogP contribution is 2.61. The van der Waals surface area contributed by atoms with Crippen LogP contribution in [0, 0.1) is 0 Å². The first-order valence-electron chi connectivity index (χ1n) is 10.5. The molecule has 4 nitrogen and oxygen atoms in total. The van der Waals surface area contributed by atoms with E-state index in [1.54, 1.807) is 0 Å². The molecule has 2 aliphatic carbocycles. The largest absolute Gasteiger partial charge is 0.461 e. The fraction of sp³-hybridized carbons (Fsp3) is 0.682. The van der Waals surface area contributed by atoms with Crippen LogP contribution in [0.2, 0.25) is 5.82 Å². The molecule has 2 saturated carbocycles. The van der Waals surface area contributed by atoms with Crippen LogP contribution < -0.4 is 4.90 Å². The molecule has 7 heteroatoms. The first kappa shape index (κ1) is 19.5. The van der Waals surface area contributed by atoms with Gasteiger partial charge in [0, 0.05) is 18.4 Å². The van der Waals surface area contributed by atoms with E-state index >= 15 is 0 Å². The molecule has 5 rings (SSSR count). The number of benzene rings is 1. The quantitative estimate of drug-likeness (QED) is 0.686. The second-order valence-electron chi connectivity index (χ2n) is 10.5. The Balaban J connectivity index is 1.40. The van der Waals surface area contributed by atoms with Crippen LogP contribution in [-0.2, 0) is 19.5 Å². The van der Waals surface area contributed by atoms with E-state index in [1.165, 1.54) is 4.90 Å². The lowest BCUT2D eigenvalue weighted by Crippen LogP contribution is -2.41. The number of anilines is 1. The van der Waals surface area contributed by atoms with E-state index in [4.69, 9.17) is 9.31 Å². The van der Waals surface area contributed by atoms with Crippen LogP contribution in [-0.4, -0.2) is 36.7 Å². The summed E-state index contributed by atoms with van der Waals surface area (Å²) < 4.78 is 39.9. The Morgan fingerprint density at radius 1 is 1.17 bits per heavy atom. The van der Waals surface area contributed by atoms with E-state index < -0.39 is 17.9 Å². The number of carbonyl (C=O) groups excluding carboxylic acids is 1. The predicted molar refractivity (Wildman–Crippen MR) is 108 cm³/mol. The van der Waals surface area contributed by atoms with Crippen LogP contribution in [0.5, 0.6) is 0 Å². The molecule has 1 aromatic rings. The van der Waals surface area contributed by atoms with E-state index in [1.807, 2.05) is 39.8 Å². The summed E-state index contributed by atoms with van der Waals surface area (Å²) >= 11 is 0. The van der Waals surface area contributed by atoms with Gasteiger partial charge in [-0.25, -0.2) is 8.78 Å². The van der Waals surface area contributed by atoms with Gasteiger partial charge in [0.15, 0.2) is 0 Å². The summed E-state index contributed by atoms with van der Waals surface area (Å²) in [4.78, 5) is 14.2. The summed E-state index contributed by atoms with van der Waals surface area (Å²) in [7, 11) is -0.259. The zero-order chi connectivity index (χ0) is 21.0. The Morgan fingerprint density at radius 2 is 1.79 bits per heavy atom. The monoisotopic (exact) mass is 403 g/mol. The Kier molecular flexibility index (Phi) is 3.77. The van der Waals surface area contributed by atoms with Crippen molar-refractivity contribution in [3.8, 4) is 0 Å². The van der Waals surface area contributed by atoms with Gasteiger partial charge in [-0.3, -0.25) is 4.79 Å². The van der Waals surface area contributed by atoms with Crippen molar-refractivity contribution in [3.05, 3.63) is 29.3 Å². The number of halogens is 2. The van der Waals surface area contributed by atoms with E-state index in [2.05, 4.69) is 6.07 Å². The van der Waals surface area contributed by atoms with Gasteiger partial charge in [-0.2, -0.15) is 0 Å². The lowest BCUT2D eigenvalue weighted by Gasteiger charge is -2.32. The molecule has 2 heterocycles. The molecule has 29 heavy (non-hydrogen) atoms. The average Bonchev–Trinajstić information content (AvgIpc) is 3.48. The smallest absolute Gasteiger partial charge is 0.403 e. The number of hydrogen-bond acceptors (Lipinski definition) is 3. The molecule has 4 aliphatic rings. The van der Waals surface area contributed by atoms with Crippen molar-refractivity contribution < 1.29 is 22.9 Å². The van der Waals surface area contributed by atoms with Crippen molar-refractivity contribution in [3.63, 3.8) is 0 Å². The fourth-order valence-corrected chi connectivity index (χ4v) is 4.90. The minimum Gasteiger partial charge on any atom is -0.403 e. The van der Waals surface area contributed by atoms with E-state index in [9.17, 15) is 13.6 Å². The third-order valence-corrected chi connectivity index (χ3v) is 7.56. The van der Waals surface area contributed by atoms with Gasteiger partial charge in [-0.15, -0.1) is 0 Å². The summed E-state index contributed by atoms with van der Waals surface area (Å²) in [5, 5.41) is 0. The van der Waals surface area contributed by atoms with Gasteiger partial charge < -0.3 is 14.2 Å². The van der Waals surface area contributed by atoms with Crippen molar-refractivity contribution in [2.24, 2.45) is 0 Å². The second-order valence-corrected chi connectivity index (χ2v) is 10.5. The lowest BCUT2D eigenvalue weighted by molar-refractivity contribution is -0.121. The molecule has 1 saturated heterocycles. The molecule has 2 atom stereocenters. The van der Waals surface area contributed by atoms with Crippen LogP contribution in [0.1, 0.15) is 70.9 Å². The van der Waals surface area contributed by atoms with Crippen LogP contribution >= 0.6 is 0 Å². The third-order valence-electron chi connectivity index (χ3n) is 7.56. The molecule has 1 aromatic carbocycles. The maximum Gasteiger partial charge on any atom is 0.461 e. The minimum atomic E-state index is -2.92. The molecule has 1 amide bonds. The van der Waals surface area contributed by atoms with Crippen molar-refractivity contribution in [1.29, 1.82) is 0 Å². The SMILES string of the molecule is CC(F)(F)CN1C(=O)C2(CC2)c2ccc([C@H]3CC3B3OC(C)(C)C(C)(C)O3)cc21. The van der Waals surface area contributed by atoms with E-state index in [-0.39, 0.29) is 36.0 Å². The number of nitrogens with zero attached hydrogens (tertiary/aromatic N) is 1. The highest BCUT2D eigenvalue weighted by Gasteiger charge is 2.62. The molecule has 0 N–H and O–H groups in total. The van der Waals surface area contributed by atoms with Crippen molar-refractivity contribution in [1.82, 2.24) is 0 Å². The summed E-state index contributed by atoms with van der Waals surface area (Å²) in [6, 6.07) is 6.01. The zero-order valence-electron chi connectivity index (χ0n) is 17.7. The molecule has 3 fully saturated rings. The molecule has 0 bridgehead atoms. The fourth-order valence-electron chi connectivity index (χ4n) is 4.90. The lowest BCUT2D eigenvalue weighted by atomic mass is 9.79. The van der Waals surface area contributed by atoms with Gasteiger partial charge >= 0.3 is 7.12 Å². The first-order valence-corrected chi connectivity index (χ1v) is 10.5. The number of rotatable bonds is 4. The highest BCUT2D eigenvalue weighted by molar-refractivity contribution is 6.49. The van der Waals surface area contributed by atoms with Gasteiger partial charge in [-0.05, 0) is 70.1 Å². The molecular formula is C22H28BF2NO3. The number of alkyl halides is 2. The van der Waals surface area contributed by atoms with E-state index in [0.717, 1.165) is 37.3 Å². The first-order chi connectivity index (χ1) is 13.3. The highest BCUT2D eigenvalue weighted by atomic mass is 19.3. The summed E-state index contributed by atoms with van der Waals surface area (Å²) in [5.41, 5.74) is 1.40. The Morgan fingerprint density at radius 3 is 2.34 bits per heavy atom. The van der Waals surface area contributed by atoms with Crippen LogP contribution in [0.3, 0.4) is 0 Å². The Hall–Kier alpha value is -1.47. The summed E-state index contributed by atoms with van der Waals surface area (Å²) in [6.07, 6.45) is 2.45. The summed E-state index contributed by atoms with van der Waals surface area (Å²) in [5.74, 6) is -2.56. The molecule has 156 valence electrons. The van der Waals surface area contributed by atoms with Crippen molar-refractivity contribution in [2.45, 2.75) is 88.2 Å². The van der Waals surface area contributed by atoms with Crippen molar-refractivity contribution >= 4 is 18.7 Å². The van der Waals surface area contributed by atoms with Crippen LogP contribution in [0.25, 0.3) is 0 Å². The maximum absolute atomic E-state index is 13.8. The van der Waals surface area contributed by atoms with Gasteiger partial charge in [0.2, 0.25) is 5.91 Å². The van der Waals surface area contributed by atoms with E-state index in [0.29, 0.717) is 5.69 Å². The second kappa shape index (κ2) is 5.61. The Bertz CT molecular complexity index is 875. The zero-order valence-corrected chi connectivity index (χ0v) is 17.7. The molecule has 0 aromatic heterocycles. The van der Waals surface area contributed by atoms with Gasteiger partial charge in [0.25, 0.3) is 5.92 Å². The molecule has 0 radical (unpaired) electrons. The standard InChI is InChI=1S/C22H28BF2NO3/c1-19(2)20(3,4)29-23(28-19)16-11-14(16)13-6-7-15-17(10-13)26(12-21(5,24)25)18(27)22(15)8-9-22/h6-7,10,14,16H,8-9,11-12H2,1-5H3/t14-,16?/m1/s1. The number of hydrogen-bond donors (Lipinski definition) is 0. The number of carbonyl (C=O) groups is 1. The Labute approximate surface area is 171 Å².